The van der Waals surface area contributed by atoms with Gasteiger partial charge in [-0.15, -0.1) is 0 Å². The SMILES string of the molecule is CN=C(NCc1ccc2c(c1)CCCN2C)N1CCOC(C2CCCO2)C1. The first-order valence-corrected chi connectivity index (χ1v) is 10.3. The molecule has 1 aromatic carbocycles. The lowest BCUT2D eigenvalue weighted by Crippen LogP contribution is -2.53. The molecule has 27 heavy (non-hydrogen) atoms. The van der Waals surface area contributed by atoms with Gasteiger partial charge in [0, 0.05) is 52.6 Å². The number of hydrogen-bond acceptors (Lipinski definition) is 4. The number of fused-ring (bicyclic) bond motifs is 1. The van der Waals surface area contributed by atoms with Crippen LogP contribution in [0.2, 0.25) is 0 Å². The fourth-order valence-corrected chi connectivity index (χ4v) is 4.45. The van der Waals surface area contributed by atoms with Gasteiger partial charge in [-0.25, -0.2) is 0 Å². The number of hydrogen-bond donors (Lipinski definition) is 1. The molecule has 3 aliphatic rings. The average Bonchev–Trinajstić information content (AvgIpc) is 3.24. The maximum absolute atomic E-state index is 5.97. The second-order valence-electron chi connectivity index (χ2n) is 7.80. The third kappa shape index (κ3) is 4.22. The van der Waals surface area contributed by atoms with Crippen molar-refractivity contribution in [2.24, 2.45) is 4.99 Å². The number of nitrogens with zero attached hydrogens (tertiary/aromatic N) is 3. The Balaban J connectivity index is 1.36. The highest BCUT2D eigenvalue weighted by Gasteiger charge is 2.32. The summed E-state index contributed by atoms with van der Waals surface area (Å²) in [6.45, 7) is 5.27. The summed E-state index contributed by atoms with van der Waals surface area (Å²) in [6.07, 6.45) is 5.05. The highest BCUT2D eigenvalue weighted by atomic mass is 16.5. The molecule has 0 radical (unpaired) electrons. The van der Waals surface area contributed by atoms with Crippen LogP contribution in [0.15, 0.2) is 23.2 Å². The van der Waals surface area contributed by atoms with Gasteiger partial charge in [0.1, 0.15) is 6.10 Å². The molecular formula is C21H32N4O2. The molecule has 0 saturated carbocycles. The molecule has 0 aromatic heterocycles. The van der Waals surface area contributed by atoms with E-state index >= 15 is 0 Å². The van der Waals surface area contributed by atoms with E-state index in [1.165, 1.54) is 29.7 Å². The van der Waals surface area contributed by atoms with E-state index in [-0.39, 0.29) is 12.2 Å². The number of rotatable bonds is 3. The van der Waals surface area contributed by atoms with Gasteiger partial charge in [-0.3, -0.25) is 4.99 Å². The van der Waals surface area contributed by atoms with Gasteiger partial charge < -0.3 is 24.6 Å². The lowest BCUT2D eigenvalue weighted by Gasteiger charge is -2.37. The molecule has 3 heterocycles. The van der Waals surface area contributed by atoms with Crippen molar-refractivity contribution >= 4 is 11.6 Å². The van der Waals surface area contributed by atoms with Gasteiger partial charge in [0.15, 0.2) is 5.96 Å². The summed E-state index contributed by atoms with van der Waals surface area (Å²) < 4.78 is 11.8. The topological polar surface area (TPSA) is 49.3 Å². The van der Waals surface area contributed by atoms with Crippen molar-refractivity contribution < 1.29 is 9.47 Å². The molecule has 4 rings (SSSR count). The third-order valence-corrected chi connectivity index (χ3v) is 5.93. The highest BCUT2D eigenvalue weighted by Crippen LogP contribution is 2.27. The minimum atomic E-state index is 0.152. The molecule has 0 bridgehead atoms. The van der Waals surface area contributed by atoms with Crippen LogP contribution in [-0.2, 0) is 22.4 Å². The molecule has 1 N–H and O–H groups in total. The van der Waals surface area contributed by atoms with E-state index in [1.807, 2.05) is 7.05 Å². The average molecular weight is 373 g/mol. The number of guanidine groups is 1. The summed E-state index contributed by atoms with van der Waals surface area (Å²) in [5.74, 6) is 0.955. The predicted octanol–water partition coefficient (Wildman–Crippen LogP) is 2.02. The van der Waals surface area contributed by atoms with Crippen LogP contribution in [0.4, 0.5) is 5.69 Å². The predicted molar refractivity (Wildman–Crippen MR) is 109 cm³/mol. The van der Waals surface area contributed by atoms with E-state index in [1.54, 1.807) is 0 Å². The Morgan fingerprint density at radius 3 is 2.89 bits per heavy atom. The van der Waals surface area contributed by atoms with Gasteiger partial charge in [-0.05, 0) is 42.9 Å². The van der Waals surface area contributed by atoms with Crippen LogP contribution < -0.4 is 10.2 Å². The van der Waals surface area contributed by atoms with Crippen LogP contribution in [0, 0.1) is 0 Å². The van der Waals surface area contributed by atoms with Crippen molar-refractivity contribution in [2.75, 3.05) is 51.8 Å². The number of benzene rings is 1. The number of aryl methyl sites for hydroxylation is 1. The number of ether oxygens (including phenoxy) is 2. The minimum absolute atomic E-state index is 0.152. The van der Waals surface area contributed by atoms with Crippen molar-refractivity contribution in [3.8, 4) is 0 Å². The zero-order valence-electron chi connectivity index (χ0n) is 16.6. The van der Waals surface area contributed by atoms with Gasteiger partial charge in [0.05, 0.1) is 12.7 Å². The summed E-state index contributed by atoms with van der Waals surface area (Å²) in [5.41, 5.74) is 4.15. The van der Waals surface area contributed by atoms with Gasteiger partial charge >= 0.3 is 0 Å². The first-order valence-electron chi connectivity index (χ1n) is 10.3. The molecule has 2 atom stereocenters. The van der Waals surface area contributed by atoms with Crippen LogP contribution in [0.25, 0.3) is 0 Å². The van der Waals surface area contributed by atoms with Crippen molar-refractivity contribution in [3.05, 3.63) is 29.3 Å². The summed E-state index contributed by atoms with van der Waals surface area (Å²) in [4.78, 5) is 9.18. The lowest BCUT2D eigenvalue weighted by molar-refractivity contribution is -0.0817. The molecule has 1 aromatic rings. The molecule has 3 aliphatic heterocycles. The molecule has 2 unspecified atom stereocenters. The first-order chi connectivity index (χ1) is 13.2. The summed E-state index contributed by atoms with van der Waals surface area (Å²) >= 11 is 0. The van der Waals surface area contributed by atoms with E-state index in [0.717, 1.165) is 58.2 Å². The monoisotopic (exact) mass is 372 g/mol. The minimum Gasteiger partial charge on any atom is -0.375 e. The van der Waals surface area contributed by atoms with E-state index in [9.17, 15) is 0 Å². The van der Waals surface area contributed by atoms with E-state index < -0.39 is 0 Å². The number of morpholine rings is 1. The fourth-order valence-electron chi connectivity index (χ4n) is 4.45. The maximum Gasteiger partial charge on any atom is 0.194 e. The molecule has 6 nitrogen and oxygen atoms in total. The molecule has 148 valence electrons. The largest absolute Gasteiger partial charge is 0.375 e. The normalized spacial score (nSPS) is 26.2. The molecule has 0 amide bonds. The van der Waals surface area contributed by atoms with E-state index in [4.69, 9.17) is 9.47 Å². The first kappa shape index (κ1) is 18.6. The molecular weight excluding hydrogens is 340 g/mol. The Kier molecular flexibility index (Phi) is 5.83. The number of aliphatic imine (C=N–C) groups is 1. The maximum atomic E-state index is 5.97. The van der Waals surface area contributed by atoms with Gasteiger partial charge in [-0.2, -0.15) is 0 Å². The second kappa shape index (κ2) is 8.48. The Hall–Kier alpha value is -1.79. The van der Waals surface area contributed by atoms with Gasteiger partial charge in [0.25, 0.3) is 0 Å². The molecule has 2 saturated heterocycles. The van der Waals surface area contributed by atoms with Crippen molar-refractivity contribution in [1.29, 1.82) is 0 Å². The molecule has 6 heteroatoms. The van der Waals surface area contributed by atoms with Crippen LogP contribution in [0.5, 0.6) is 0 Å². The van der Waals surface area contributed by atoms with Gasteiger partial charge in [0.2, 0.25) is 0 Å². The zero-order chi connectivity index (χ0) is 18.6. The number of nitrogens with one attached hydrogen (secondary N) is 1. The van der Waals surface area contributed by atoms with Crippen molar-refractivity contribution in [2.45, 2.75) is 44.4 Å². The van der Waals surface area contributed by atoms with E-state index in [2.05, 4.69) is 45.4 Å². The van der Waals surface area contributed by atoms with Crippen LogP contribution in [0.3, 0.4) is 0 Å². The zero-order valence-corrected chi connectivity index (χ0v) is 16.6. The molecule has 0 spiro atoms. The third-order valence-electron chi connectivity index (χ3n) is 5.93. The van der Waals surface area contributed by atoms with Crippen molar-refractivity contribution in [3.63, 3.8) is 0 Å². The molecule has 0 aliphatic carbocycles. The molecule has 2 fully saturated rings. The standard InChI is InChI=1S/C21H32N4O2/c1-22-21(25-10-12-27-20(15-25)19-6-4-11-26-19)23-14-16-7-8-18-17(13-16)5-3-9-24(18)2/h7-8,13,19-20H,3-6,9-12,14-15H2,1-2H3,(H,22,23). The highest BCUT2D eigenvalue weighted by molar-refractivity contribution is 5.80. The summed E-state index contributed by atoms with van der Waals surface area (Å²) in [7, 11) is 4.04. The van der Waals surface area contributed by atoms with Crippen LogP contribution in [-0.4, -0.2) is 70.0 Å². The summed E-state index contributed by atoms with van der Waals surface area (Å²) in [5, 5.41) is 3.55. The summed E-state index contributed by atoms with van der Waals surface area (Å²) in [6, 6.07) is 6.84. The van der Waals surface area contributed by atoms with Crippen molar-refractivity contribution in [1.82, 2.24) is 10.2 Å². The van der Waals surface area contributed by atoms with E-state index in [0.29, 0.717) is 0 Å². The Bertz CT molecular complexity index is 672. The van der Waals surface area contributed by atoms with Gasteiger partial charge in [-0.1, -0.05) is 12.1 Å². The second-order valence-corrected chi connectivity index (χ2v) is 7.80. The van der Waals surface area contributed by atoms with Crippen LogP contribution in [0.1, 0.15) is 30.4 Å². The van der Waals surface area contributed by atoms with Crippen LogP contribution >= 0.6 is 0 Å². The fraction of sp³-hybridized carbons (Fsp3) is 0.667. The smallest absolute Gasteiger partial charge is 0.194 e. The Labute approximate surface area is 162 Å². The Morgan fingerprint density at radius 2 is 2.07 bits per heavy atom. The Morgan fingerprint density at radius 1 is 1.19 bits per heavy atom. The number of anilines is 1. The lowest BCUT2D eigenvalue weighted by atomic mass is 9.99. The quantitative estimate of drug-likeness (QED) is 0.650.